The van der Waals surface area contributed by atoms with E-state index in [4.69, 9.17) is 5.73 Å². The third-order valence-corrected chi connectivity index (χ3v) is 1.88. The molecule has 1 aromatic heterocycles. The average molecular weight is 211 g/mol. The Labute approximate surface area is 88.0 Å². The number of nitrogens with zero attached hydrogens (tertiary/aromatic N) is 2. The van der Waals surface area contributed by atoms with E-state index in [2.05, 4.69) is 15.2 Å². The molecule has 0 amide bonds. The summed E-state index contributed by atoms with van der Waals surface area (Å²) >= 11 is 0. The second-order valence-corrected chi connectivity index (χ2v) is 2.74. The van der Waals surface area contributed by atoms with Crippen LogP contribution in [0.15, 0.2) is 30.6 Å². The lowest BCUT2D eigenvalue weighted by Crippen LogP contribution is -1.95. The Morgan fingerprint density at radius 2 is 1.93 bits per heavy atom. The van der Waals surface area contributed by atoms with Crippen molar-refractivity contribution in [3.05, 3.63) is 36.2 Å². The number of hydrogen-bond donors (Lipinski definition) is 2. The van der Waals surface area contributed by atoms with Crippen molar-refractivity contribution >= 4 is 12.4 Å². The molecule has 2 rings (SSSR count). The second kappa shape index (κ2) is 4.74. The van der Waals surface area contributed by atoms with E-state index in [-0.39, 0.29) is 12.4 Å². The topological polar surface area (TPSA) is 67.6 Å². The SMILES string of the molecule is Cl.NCc1ccc(-c2ncn[nH]2)cc1. The summed E-state index contributed by atoms with van der Waals surface area (Å²) in [7, 11) is 0. The van der Waals surface area contributed by atoms with Crippen LogP contribution < -0.4 is 5.73 Å². The normalized spacial score (nSPS) is 9.50. The molecule has 0 bridgehead atoms. The fourth-order valence-electron chi connectivity index (χ4n) is 1.14. The molecule has 14 heavy (non-hydrogen) atoms. The molecule has 0 radical (unpaired) electrons. The zero-order valence-corrected chi connectivity index (χ0v) is 8.29. The number of halogens is 1. The first-order valence-electron chi connectivity index (χ1n) is 4.05. The number of rotatable bonds is 2. The zero-order chi connectivity index (χ0) is 9.10. The number of nitrogens with two attached hydrogens (primary N) is 1. The van der Waals surface area contributed by atoms with Crippen molar-refractivity contribution in [2.45, 2.75) is 6.54 Å². The number of aromatic nitrogens is 3. The molecule has 3 N–H and O–H groups in total. The van der Waals surface area contributed by atoms with Gasteiger partial charge >= 0.3 is 0 Å². The van der Waals surface area contributed by atoms with Gasteiger partial charge in [0, 0.05) is 12.1 Å². The first kappa shape index (κ1) is 10.7. The summed E-state index contributed by atoms with van der Waals surface area (Å²) in [6.45, 7) is 0.566. The monoisotopic (exact) mass is 210 g/mol. The van der Waals surface area contributed by atoms with Gasteiger partial charge in [-0.2, -0.15) is 5.10 Å². The summed E-state index contributed by atoms with van der Waals surface area (Å²) in [5.74, 6) is 0.781. The second-order valence-electron chi connectivity index (χ2n) is 2.74. The summed E-state index contributed by atoms with van der Waals surface area (Å²) in [6, 6.07) is 7.92. The quantitative estimate of drug-likeness (QED) is 0.787. The Morgan fingerprint density at radius 1 is 1.21 bits per heavy atom. The van der Waals surface area contributed by atoms with Crippen molar-refractivity contribution in [2.75, 3.05) is 0 Å². The Kier molecular flexibility index (Phi) is 3.62. The molecule has 0 spiro atoms. The van der Waals surface area contributed by atoms with Crippen molar-refractivity contribution in [1.29, 1.82) is 0 Å². The highest BCUT2D eigenvalue weighted by molar-refractivity contribution is 5.85. The van der Waals surface area contributed by atoms with Gasteiger partial charge < -0.3 is 5.73 Å². The van der Waals surface area contributed by atoms with E-state index in [0.29, 0.717) is 6.54 Å². The highest BCUT2D eigenvalue weighted by atomic mass is 35.5. The smallest absolute Gasteiger partial charge is 0.155 e. The van der Waals surface area contributed by atoms with E-state index in [1.54, 1.807) is 0 Å². The molecule has 0 aliphatic rings. The van der Waals surface area contributed by atoms with Crippen molar-refractivity contribution in [2.24, 2.45) is 5.73 Å². The first-order valence-corrected chi connectivity index (χ1v) is 4.05. The van der Waals surface area contributed by atoms with E-state index in [0.717, 1.165) is 17.0 Å². The van der Waals surface area contributed by atoms with Crippen LogP contribution in [0.1, 0.15) is 5.56 Å². The minimum atomic E-state index is 0. The molecule has 0 unspecified atom stereocenters. The lowest BCUT2D eigenvalue weighted by atomic mass is 10.1. The molecular weight excluding hydrogens is 200 g/mol. The fraction of sp³-hybridized carbons (Fsp3) is 0.111. The predicted octanol–water partition coefficient (Wildman–Crippen LogP) is 1.35. The van der Waals surface area contributed by atoms with Gasteiger partial charge in [-0.1, -0.05) is 24.3 Å². The summed E-state index contributed by atoms with van der Waals surface area (Å²) in [5, 5.41) is 6.58. The van der Waals surface area contributed by atoms with Crippen LogP contribution in [-0.4, -0.2) is 15.2 Å². The summed E-state index contributed by atoms with van der Waals surface area (Å²) < 4.78 is 0. The Bertz CT molecular complexity index is 368. The molecule has 0 aliphatic heterocycles. The first-order chi connectivity index (χ1) is 6.40. The maximum atomic E-state index is 5.48. The van der Waals surface area contributed by atoms with Crippen LogP contribution >= 0.6 is 12.4 Å². The van der Waals surface area contributed by atoms with E-state index >= 15 is 0 Å². The zero-order valence-electron chi connectivity index (χ0n) is 7.47. The van der Waals surface area contributed by atoms with Crippen LogP contribution in [0, 0.1) is 0 Å². The molecule has 0 aliphatic carbocycles. The number of aromatic amines is 1. The maximum Gasteiger partial charge on any atom is 0.155 e. The highest BCUT2D eigenvalue weighted by Crippen LogP contribution is 2.13. The van der Waals surface area contributed by atoms with Gasteiger partial charge in [0.25, 0.3) is 0 Å². The maximum absolute atomic E-state index is 5.48. The third-order valence-electron chi connectivity index (χ3n) is 1.88. The minimum Gasteiger partial charge on any atom is -0.326 e. The molecule has 74 valence electrons. The van der Waals surface area contributed by atoms with Gasteiger partial charge in [0.1, 0.15) is 6.33 Å². The van der Waals surface area contributed by atoms with Gasteiger partial charge in [0.05, 0.1) is 0 Å². The van der Waals surface area contributed by atoms with Gasteiger partial charge in [-0.25, -0.2) is 4.98 Å². The highest BCUT2D eigenvalue weighted by Gasteiger charge is 1.98. The molecule has 4 nitrogen and oxygen atoms in total. The molecule has 2 aromatic rings. The molecule has 1 heterocycles. The van der Waals surface area contributed by atoms with Crippen molar-refractivity contribution in [3.8, 4) is 11.4 Å². The van der Waals surface area contributed by atoms with Crippen molar-refractivity contribution in [3.63, 3.8) is 0 Å². The number of H-pyrrole nitrogens is 1. The Balaban J connectivity index is 0.000000980. The van der Waals surface area contributed by atoms with Crippen LogP contribution in [0.2, 0.25) is 0 Å². The van der Waals surface area contributed by atoms with Crippen LogP contribution in [0.3, 0.4) is 0 Å². The summed E-state index contributed by atoms with van der Waals surface area (Å²) in [4.78, 5) is 4.04. The fourth-order valence-corrected chi connectivity index (χ4v) is 1.14. The van der Waals surface area contributed by atoms with Gasteiger partial charge in [-0.15, -0.1) is 12.4 Å². The van der Waals surface area contributed by atoms with Crippen LogP contribution in [0.5, 0.6) is 0 Å². The Morgan fingerprint density at radius 3 is 2.43 bits per heavy atom. The van der Waals surface area contributed by atoms with Crippen molar-refractivity contribution in [1.82, 2.24) is 15.2 Å². The van der Waals surface area contributed by atoms with E-state index in [1.165, 1.54) is 6.33 Å². The van der Waals surface area contributed by atoms with E-state index < -0.39 is 0 Å². The van der Waals surface area contributed by atoms with Gasteiger partial charge in [-0.05, 0) is 5.56 Å². The van der Waals surface area contributed by atoms with E-state index in [9.17, 15) is 0 Å². The summed E-state index contributed by atoms with van der Waals surface area (Å²) in [5.41, 5.74) is 7.62. The molecule has 0 fully saturated rings. The summed E-state index contributed by atoms with van der Waals surface area (Å²) in [6.07, 6.45) is 1.49. The third kappa shape index (κ3) is 2.10. The lowest BCUT2D eigenvalue weighted by Gasteiger charge is -1.98. The predicted molar refractivity (Wildman–Crippen MR) is 57.0 cm³/mol. The number of hydrogen-bond acceptors (Lipinski definition) is 3. The molecule has 0 atom stereocenters. The number of nitrogens with one attached hydrogen (secondary N) is 1. The average Bonchev–Trinajstić information content (AvgIpc) is 2.71. The van der Waals surface area contributed by atoms with Crippen LogP contribution in [0.4, 0.5) is 0 Å². The van der Waals surface area contributed by atoms with Gasteiger partial charge in [0.2, 0.25) is 0 Å². The minimum absolute atomic E-state index is 0. The Hall–Kier alpha value is -1.39. The molecule has 0 saturated heterocycles. The van der Waals surface area contributed by atoms with Crippen molar-refractivity contribution < 1.29 is 0 Å². The molecule has 1 aromatic carbocycles. The van der Waals surface area contributed by atoms with Gasteiger partial charge in [-0.3, -0.25) is 5.10 Å². The largest absolute Gasteiger partial charge is 0.326 e. The molecule has 5 heteroatoms. The van der Waals surface area contributed by atoms with Crippen LogP contribution in [0.25, 0.3) is 11.4 Å². The van der Waals surface area contributed by atoms with Crippen LogP contribution in [-0.2, 0) is 6.54 Å². The molecular formula is C9H11ClN4. The molecule has 0 saturated carbocycles. The van der Waals surface area contributed by atoms with Gasteiger partial charge in [0.15, 0.2) is 5.82 Å². The standard InChI is InChI=1S/C9H10N4.ClH/c10-5-7-1-3-8(4-2-7)9-11-6-12-13-9;/h1-4,6H,5,10H2,(H,11,12,13);1H. The lowest BCUT2D eigenvalue weighted by molar-refractivity contribution is 1.07. The van der Waals surface area contributed by atoms with E-state index in [1.807, 2.05) is 24.3 Å². The number of benzene rings is 1.